The quantitative estimate of drug-likeness (QED) is 0.759. The summed E-state index contributed by atoms with van der Waals surface area (Å²) in [6, 6.07) is 4.69. The van der Waals surface area contributed by atoms with Crippen molar-refractivity contribution in [3.63, 3.8) is 0 Å². The lowest BCUT2D eigenvalue weighted by Crippen LogP contribution is -2.36. The van der Waals surface area contributed by atoms with Crippen LogP contribution in [0.3, 0.4) is 0 Å². The summed E-state index contributed by atoms with van der Waals surface area (Å²) < 4.78 is 0. The fourth-order valence-corrected chi connectivity index (χ4v) is 2.15. The zero-order valence-corrected chi connectivity index (χ0v) is 9.81. The molecule has 0 saturated heterocycles. The topological polar surface area (TPSA) is 38.0 Å². The molecule has 3 heteroatoms. The lowest BCUT2D eigenvalue weighted by Gasteiger charge is -2.18. The molecule has 0 aromatic carbocycles. The van der Waals surface area contributed by atoms with E-state index in [0.717, 1.165) is 19.5 Å². The minimum Gasteiger partial charge on any atom is -0.329 e. The van der Waals surface area contributed by atoms with Crippen LogP contribution in [0.25, 0.3) is 0 Å². The molecule has 0 radical (unpaired) electrons. The summed E-state index contributed by atoms with van der Waals surface area (Å²) in [5.74, 6) is 0.708. The van der Waals surface area contributed by atoms with Gasteiger partial charge in [0.25, 0.3) is 0 Å². The van der Waals surface area contributed by atoms with Gasteiger partial charge in [-0.1, -0.05) is 19.9 Å². The molecular weight excluding hydrogens is 192 g/mol. The standard InChI is InChI=1S/C11H20N2S/c1-9(2)6-10(7-12)13-8-11-4-3-5-14-11/h3-5,9-10,13H,6-8,12H2,1-2H3. The molecule has 14 heavy (non-hydrogen) atoms. The zero-order chi connectivity index (χ0) is 10.4. The minimum atomic E-state index is 0.456. The fraction of sp³-hybridized carbons (Fsp3) is 0.636. The Morgan fingerprint density at radius 2 is 2.29 bits per heavy atom. The van der Waals surface area contributed by atoms with Crippen LogP contribution in [0.5, 0.6) is 0 Å². The van der Waals surface area contributed by atoms with Crippen LogP contribution < -0.4 is 11.1 Å². The van der Waals surface area contributed by atoms with Crippen LogP contribution in [-0.4, -0.2) is 12.6 Å². The van der Waals surface area contributed by atoms with E-state index < -0.39 is 0 Å². The average Bonchev–Trinajstić information content (AvgIpc) is 2.64. The molecule has 0 aliphatic carbocycles. The number of rotatable bonds is 6. The first-order chi connectivity index (χ1) is 6.72. The van der Waals surface area contributed by atoms with Crippen LogP contribution in [-0.2, 0) is 6.54 Å². The van der Waals surface area contributed by atoms with Crippen molar-refractivity contribution in [1.29, 1.82) is 0 Å². The van der Waals surface area contributed by atoms with Gasteiger partial charge in [0.15, 0.2) is 0 Å². The van der Waals surface area contributed by atoms with Crippen molar-refractivity contribution in [2.75, 3.05) is 6.54 Å². The van der Waals surface area contributed by atoms with E-state index in [9.17, 15) is 0 Å². The number of nitrogens with two attached hydrogens (primary N) is 1. The van der Waals surface area contributed by atoms with Gasteiger partial charge in [0.2, 0.25) is 0 Å². The molecule has 80 valence electrons. The molecule has 1 atom stereocenters. The highest BCUT2D eigenvalue weighted by atomic mass is 32.1. The third-order valence-corrected chi connectivity index (χ3v) is 3.06. The molecular formula is C11H20N2S. The Kier molecular flexibility index (Phi) is 5.15. The third-order valence-electron chi connectivity index (χ3n) is 2.19. The first-order valence-corrected chi connectivity index (χ1v) is 6.06. The van der Waals surface area contributed by atoms with Gasteiger partial charge in [0.1, 0.15) is 0 Å². The van der Waals surface area contributed by atoms with Crippen LogP contribution >= 0.6 is 11.3 Å². The van der Waals surface area contributed by atoms with Crippen LogP contribution in [0.4, 0.5) is 0 Å². The number of nitrogens with one attached hydrogen (secondary N) is 1. The van der Waals surface area contributed by atoms with E-state index in [0.29, 0.717) is 12.0 Å². The second-order valence-electron chi connectivity index (χ2n) is 4.02. The maximum absolute atomic E-state index is 5.70. The Hall–Kier alpha value is -0.380. The molecule has 0 aliphatic heterocycles. The maximum atomic E-state index is 5.70. The second-order valence-corrected chi connectivity index (χ2v) is 5.05. The highest BCUT2D eigenvalue weighted by Crippen LogP contribution is 2.09. The summed E-state index contributed by atoms with van der Waals surface area (Å²) >= 11 is 1.79. The van der Waals surface area contributed by atoms with Gasteiger partial charge >= 0.3 is 0 Å². The van der Waals surface area contributed by atoms with Gasteiger partial charge in [0.05, 0.1) is 0 Å². The number of hydrogen-bond donors (Lipinski definition) is 2. The molecule has 0 saturated carbocycles. The van der Waals surface area contributed by atoms with Gasteiger partial charge in [-0.15, -0.1) is 11.3 Å². The van der Waals surface area contributed by atoms with Crippen molar-refractivity contribution < 1.29 is 0 Å². The predicted octanol–water partition coefficient (Wildman–Crippen LogP) is 2.21. The number of thiophene rings is 1. The van der Waals surface area contributed by atoms with Crippen LogP contribution in [0.15, 0.2) is 17.5 Å². The first kappa shape index (κ1) is 11.7. The monoisotopic (exact) mass is 212 g/mol. The Morgan fingerprint density at radius 3 is 2.79 bits per heavy atom. The van der Waals surface area contributed by atoms with Crippen molar-refractivity contribution in [2.45, 2.75) is 32.9 Å². The highest BCUT2D eigenvalue weighted by molar-refractivity contribution is 7.09. The van der Waals surface area contributed by atoms with Crippen molar-refractivity contribution in [1.82, 2.24) is 5.32 Å². The summed E-state index contributed by atoms with van der Waals surface area (Å²) in [4.78, 5) is 1.38. The molecule has 0 fully saturated rings. The lowest BCUT2D eigenvalue weighted by atomic mass is 10.0. The van der Waals surface area contributed by atoms with Crippen molar-refractivity contribution in [3.8, 4) is 0 Å². The summed E-state index contributed by atoms with van der Waals surface area (Å²) in [7, 11) is 0. The van der Waals surface area contributed by atoms with E-state index in [1.54, 1.807) is 11.3 Å². The predicted molar refractivity (Wildman–Crippen MR) is 63.5 cm³/mol. The Morgan fingerprint density at radius 1 is 1.50 bits per heavy atom. The molecule has 0 spiro atoms. The van der Waals surface area contributed by atoms with Crippen LogP contribution in [0.2, 0.25) is 0 Å². The van der Waals surface area contributed by atoms with E-state index in [1.807, 2.05) is 0 Å². The highest BCUT2D eigenvalue weighted by Gasteiger charge is 2.08. The van der Waals surface area contributed by atoms with Crippen molar-refractivity contribution in [2.24, 2.45) is 11.7 Å². The first-order valence-electron chi connectivity index (χ1n) is 5.18. The average molecular weight is 212 g/mol. The third kappa shape index (κ3) is 4.22. The van der Waals surface area contributed by atoms with E-state index in [-0.39, 0.29) is 0 Å². The molecule has 1 aromatic heterocycles. The molecule has 3 N–H and O–H groups in total. The Labute approximate surface area is 90.5 Å². The normalized spacial score (nSPS) is 13.4. The Balaban J connectivity index is 2.27. The largest absolute Gasteiger partial charge is 0.329 e. The SMILES string of the molecule is CC(C)CC(CN)NCc1cccs1. The van der Waals surface area contributed by atoms with Crippen molar-refractivity contribution >= 4 is 11.3 Å². The smallest absolute Gasteiger partial charge is 0.0302 e. The molecule has 1 heterocycles. The summed E-state index contributed by atoms with van der Waals surface area (Å²) in [5, 5.41) is 5.60. The van der Waals surface area contributed by atoms with Gasteiger partial charge in [-0.3, -0.25) is 0 Å². The van der Waals surface area contributed by atoms with Crippen LogP contribution in [0.1, 0.15) is 25.1 Å². The summed E-state index contributed by atoms with van der Waals surface area (Å²) in [5.41, 5.74) is 5.70. The van der Waals surface area contributed by atoms with Gasteiger partial charge < -0.3 is 11.1 Å². The number of hydrogen-bond acceptors (Lipinski definition) is 3. The summed E-state index contributed by atoms with van der Waals surface area (Å²) in [6.45, 7) is 6.14. The van der Waals surface area contributed by atoms with Gasteiger partial charge in [-0.2, -0.15) is 0 Å². The van der Waals surface area contributed by atoms with Crippen molar-refractivity contribution in [3.05, 3.63) is 22.4 Å². The zero-order valence-electron chi connectivity index (χ0n) is 8.99. The lowest BCUT2D eigenvalue weighted by molar-refractivity contribution is 0.424. The van der Waals surface area contributed by atoms with E-state index >= 15 is 0 Å². The minimum absolute atomic E-state index is 0.456. The molecule has 0 aliphatic rings. The molecule has 1 unspecified atom stereocenters. The molecule has 1 aromatic rings. The van der Waals surface area contributed by atoms with E-state index in [2.05, 4.69) is 36.7 Å². The maximum Gasteiger partial charge on any atom is 0.0302 e. The Bertz CT molecular complexity index is 231. The van der Waals surface area contributed by atoms with E-state index in [4.69, 9.17) is 5.73 Å². The van der Waals surface area contributed by atoms with Gasteiger partial charge in [0, 0.05) is 24.0 Å². The summed E-state index contributed by atoms with van der Waals surface area (Å²) in [6.07, 6.45) is 1.15. The van der Waals surface area contributed by atoms with Gasteiger partial charge in [-0.05, 0) is 23.8 Å². The second kappa shape index (κ2) is 6.17. The van der Waals surface area contributed by atoms with Gasteiger partial charge in [-0.25, -0.2) is 0 Å². The molecule has 1 rings (SSSR count). The molecule has 2 nitrogen and oxygen atoms in total. The fourth-order valence-electron chi connectivity index (χ4n) is 1.49. The molecule has 0 bridgehead atoms. The van der Waals surface area contributed by atoms with Crippen LogP contribution in [0, 0.1) is 5.92 Å². The molecule has 0 amide bonds. The van der Waals surface area contributed by atoms with E-state index in [1.165, 1.54) is 4.88 Å².